The van der Waals surface area contributed by atoms with Gasteiger partial charge in [-0.25, -0.2) is 8.78 Å². The average molecular weight is 1980 g/mol. The Kier molecular flexibility index (Phi) is 37.9. The molecule has 0 bridgehead atoms. The van der Waals surface area contributed by atoms with E-state index in [2.05, 4.69) is 201 Å². The minimum atomic E-state index is -0.489. The lowest BCUT2D eigenvalue weighted by molar-refractivity contribution is 0.0937. The molecule has 8 aromatic carbocycles. The topological polar surface area (TPSA) is 218 Å². The fourth-order valence-corrected chi connectivity index (χ4v) is 14.8. The Bertz CT molecular complexity index is 4210. The van der Waals surface area contributed by atoms with Crippen LogP contribution in [0.5, 0.6) is 0 Å². The Morgan fingerprint density at radius 1 is 0.425 bits per heavy atom. The number of hydrogen-bond acceptors (Lipinski definition) is 14. The van der Waals surface area contributed by atoms with Gasteiger partial charge in [0.1, 0.15) is 11.6 Å². The zero-order valence-corrected chi connectivity index (χ0v) is 71.7. The van der Waals surface area contributed by atoms with E-state index in [-0.39, 0.29) is 36.5 Å². The minimum Gasteiger partial charge on any atom is -0.395 e. The number of carbonyl (C=O) groups is 4. The number of aryl methyl sites for hydroxylation is 4. The van der Waals surface area contributed by atoms with Crippen molar-refractivity contribution in [3.63, 3.8) is 0 Å². The van der Waals surface area contributed by atoms with E-state index in [1.54, 1.807) is 24.3 Å². The quantitative estimate of drug-likeness (QED) is 0.0156. The lowest BCUT2D eigenvalue weighted by Crippen LogP contribution is -2.38. The highest BCUT2D eigenvalue weighted by molar-refractivity contribution is 14.1. The number of nitrogens with one attached hydrogen (secondary N) is 8. The largest absolute Gasteiger partial charge is 0.395 e. The van der Waals surface area contributed by atoms with Gasteiger partial charge in [0.05, 0.1) is 58.2 Å². The number of piperidine rings is 1. The van der Waals surface area contributed by atoms with E-state index in [4.69, 9.17) is 21.8 Å². The summed E-state index contributed by atoms with van der Waals surface area (Å²) in [4.78, 5) is 59.2. The Labute approximate surface area is 691 Å². The molecule has 26 heteroatoms. The molecule has 18 nitrogen and oxygen atoms in total. The van der Waals surface area contributed by atoms with Gasteiger partial charge in [0.15, 0.2) is 0 Å². The molecule has 10 rings (SSSR count). The van der Waals surface area contributed by atoms with Gasteiger partial charge in [0.25, 0.3) is 23.6 Å². The smallest absolute Gasteiger partial charge is 0.253 e. The molecule has 0 radical (unpaired) electrons. The SMILES string of the molecule is Cc1cc(I)ccc1Nc1ccc(Br)cc1C(=O)NCCN1CCCCC1.Cc1cc(I)ccc1Nc1ccc(Cl)cc1C(=O)NCCCN(C)C.Cc1cc(I)ccc1Nc1ccc(F)cc1C(=O)NCCN(CCO)CCO.Cc1cc(I)ccc1Nc1ccc(F)cc1C(=O)NCCN1CCCC1. The van der Waals surface area contributed by atoms with Crippen LogP contribution >= 0.6 is 118 Å². The van der Waals surface area contributed by atoms with Crippen LogP contribution in [-0.2, 0) is 0 Å². The third kappa shape index (κ3) is 29.9. The molecule has 0 aromatic heterocycles. The third-order valence-corrected chi connectivity index (χ3v) is 20.8. The van der Waals surface area contributed by atoms with E-state index >= 15 is 0 Å². The van der Waals surface area contributed by atoms with Gasteiger partial charge in [-0.3, -0.25) is 24.1 Å². The maximum Gasteiger partial charge on any atom is 0.253 e. The summed E-state index contributed by atoms with van der Waals surface area (Å²) in [6, 6.07) is 43.7. The van der Waals surface area contributed by atoms with Crippen LogP contribution in [0.25, 0.3) is 0 Å². The summed E-state index contributed by atoms with van der Waals surface area (Å²) in [5.74, 6) is -1.71. The molecule has 2 aliphatic heterocycles. The Hall–Kier alpha value is -5.85. The molecule has 2 heterocycles. The van der Waals surface area contributed by atoms with Crippen molar-refractivity contribution in [3.8, 4) is 0 Å². The van der Waals surface area contributed by atoms with E-state index in [1.165, 1.54) is 63.5 Å². The van der Waals surface area contributed by atoms with Gasteiger partial charge in [-0.15, -0.1) is 0 Å². The van der Waals surface area contributed by atoms with Crippen LogP contribution in [0.3, 0.4) is 0 Å². The van der Waals surface area contributed by atoms with Crippen LogP contribution in [0.15, 0.2) is 150 Å². The normalized spacial score (nSPS) is 12.7. The second-order valence-corrected chi connectivity index (χ2v) is 32.4. The van der Waals surface area contributed by atoms with Crippen molar-refractivity contribution < 1.29 is 38.2 Å². The monoisotopic (exact) mass is 1980 g/mol. The number of likely N-dealkylation sites (tertiary alicyclic amines) is 2. The summed E-state index contributed by atoms with van der Waals surface area (Å²) < 4.78 is 33.0. The van der Waals surface area contributed by atoms with Gasteiger partial charge in [-0.2, -0.15) is 0 Å². The Balaban J connectivity index is 0.000000197. The van der Waals surface area contributed by atoms with E-state index in [1.807, 2.05) is 106 Å². The summed E-state index contributed by atoms with van der Waals surface area (Å²) in [6.07, 6.45) is 7.21. The molecule has 4 amide bonds. The van der Waals surface area contributed by atoms with Crippen LogP contribution in [0.2, 0.25) is 5.02 Å². The van der Waals surface area contributed by atoms with E-state index in [0.29, 0.717) is 78.9 Å². The first-order valence-corrected chi connectivity index (χ1v) is 40.8. The summed E-state index contributed by atoms with van der Waals surface area (Å²) in [5, 5.41) is 43.6. The van der Waals surface area contributed by atoms with Crippen LogP contribution in [0.1, 0.15) is 102 Å². The molecule has 0 atom stereocenters. The second-order valence-electron chi connectivity index (χ2n) is 26.0. The number of benzene rings is 8. The molecule has 2 aliphatic rings. The zero-order chi connectivity index (χ0) is 76.7. The van der Waals surface area contributed by atoms with Crippen molar-refractivity contribution >= 4 is 187 Å². The molecule has 2 fully saturated rings. The average Bonchev–Trinajstić information content (AvgIpc) is 0.863. The van der Waals surface area contributed by atoms with E-state index < -0.39 is 17.5 Å². The van der Waals surface area contributed by atoms with Gasteiger partial charge < -0.3 is 67.4 Å². The van der Waals surface area contributed by atoms with Crippen LogP contribution in [0.4, 0.5) is 54.3 Å². The van der Waals surface area contributed by atoms with Crippen molar-refractivity contribution in [2.45, 2.75) is 66.2 Å². The number of aliphatic hydroxyl groups is 2. The fourth-order valence-electron chi connectivity index (χ4n) is 11.7. The van der Waals surface area contributed by atoms with Gasteiger partial charge in [0.2, 0.25) is 0 Å². The molecule has 8 aromatic rings. The van der Waals surface area contributed by atoms with Gasteiger partial charge in [-0.1, -0.05) is 34.0 Å². The Morgan fingerprint density at radius 3 is 1.13 bits per heavy atom. The first-order chi connectivity index (χ1) is 50.9. The van der Waals surface area contributed by atoms with Gasteiger partial charge >= 0.3 is 0 Å². The zero-order valence-electron chi connectivity index (χ0n) is 60.8. The number of carbonyl (C=O) groups excluding carboxylic acids is 4. The number of rotatable bonds is 29. The maximum absolute atomic E-state index is 13.8. The van der Waals surface area contributed by atoms with Crippen molar-refractivity contribution in [1.29, 1.82) is 0 Å². The highest BCUT2D eigenvalue weighted by atomic mass is 127. The van der Waals surface area contributed by atoms with E-state index in [9.17, 15) is 28.0 Å². The van der Waals surface area contributed by atoms with Crippen molar-refractivity contribution in [2.24, 2.45) is 0 Å². The molecule has 0 saturated carbocycles. The number of aliphatic hydroxyl groups excluding tert-OH is 2. The molecule has 0 spiro atoms. The third-order valence-electron chi connectivity index (χ3n) is 17.4. The number of halogens is 8. The van der Waals surface area contributed by atoms with Crippen LogP contribution < -0.4 is 42.5 Å². The lowest BCUT2D eigenvalue weighted by atomic mass is 10.1. The van der Waals surface area contributed by atoms with Gasteiger partial charge in [0, 0.05) is 105 Å². The number of amides is 4. The first kappa shape index (κ1) is 87.4. The molecular weight excluding hydrogens is 1890 g/mol. The molecule has 106 heavy (non-hydrogen) atoms. The molecule has 568 valence electrons. The van der Waals surface area contributed by atoms with E-state index in [0.717, 1.165) is 120 Å². The molecule has 0 aliphatic carbocycles. The number of anilines is 8. The molecular formula is C80H96BrClF2I4N12O6. The van der Waals surface area contributed by atoms with Crippen LogP contribution in [0, 0.1) is 53.6 Å². The highest BCUT2D eigenvalue weighted by Crippen LogP contribution is 2.32. The predicted octanol–water partition coefficient (Wildman–Crippen LogP) is 16.8. The molecule has 0 unspecified atom stereocenters. The highest BCUT2D eigenvalue weighted by Gasteiger charge is 2.20. The van der Waals surface area contributed by atoms with Gasteiger partial charge in [-0.05, 0) is 365 Å². The molecule has 10 N–H and O–H groups in total. The maximum atomic E-state index is 13.8. The summed E-state index contributed by atoms with van der Waals surface area (Å²) in [5.41, 5.74) is 12.5. The van der Waals surface area contributed by atoms with Crippen LogP contribution in [-0.4, -0.2) is 172 Å². The minimum absolute atomic E-state index is 0.0265. The number of nitrogens with zero attached hydrogens (tertiary/aromatic N) is 4. The summed E-state index contributed by atoms with van der Waals surface area (Å²) in [7, 11) is 4.04. The molecule has 2 saturated heterocycles. The standard InChI is InChI=1S/C21H25BrIN3O.C20H25FIN3O3.C20H23FIN3O.C19H23ClIN3O/c1-15-13-17(23)6-8-19(15)25-20-7-5-16(22)14-18(20)21(27)24-9-12-26-10-3-2-4-11-26;1-14-12-16(22)3-5-18(14)24-19-4-2-15(21)13-17(19)20(28)23-6-7-25(8-10-26)9-11-27;1-14-12-16(22)5-7-18(14)24-19-6-4-15(21)13-17(19)20(26)23-8-11-25-9-2-3-10-25;1-13-11-15(21)6-8-17(13)23-18-7-5-14(20)12-16(18)19(25)22-9-4-10-24(2)3/h5-8,13-14,25H,2-4,9-12H2,1H3,(H,24,27);2-5,12-13,24,26-27H,6-11H2,1H3,(H,23,28);4-7,12-13,24H,2-3,8-11H2,1H3,(H,23,26);5-8,11-12,23H,4,9-10H2,1-3H3,(H,22,25). The fraction of sp³-hybridized carbons (Fsp3) is 0.350. The van der Waals surface area contributed by atoms with Crippen molar-refractivity contribution in [3.05, 3.63) is 226 Å². The summed E-state index contributed by atoms with van der Waals surface area (Å²) >= 11 is 18.7. The summed E-state index contributed by atoms with van der Waals surface area (Å²) in [6.45, 7) is 18.7. The van der Waals surface area contributed by atoms with Crippen molar-refractivity contribution in [1.82, 2.24) is 40.9 Å². The van der Waals surface area contributed by atoms with Crippen molar-refractivity contribution in [2.75, 3.05) is 140 Å². The second kappa shape index (κ2) is 46.0. The lowest BCUT2D eigenvalue weighted by Gasteiger charge is -2.26. The predicted molar refractivity (Wildman–Crippen MR) is 466 cm³/mol. The number of hydrogen-bond donors (Lipinski definition) is 10. The first-order valence-electron chi connectivity index (χ1n) is 35.3. The Morgan fingerprint density at radius 2 is 0.755 bits per heavy atom.